The second-order valence-corrected chi connectivity index (χ2v) is 2.96. The second-order valence-electron chi connectivity index (χ2n) is 2.96. The van der Waals surface area contributed by atoms with Gasteiger partial charge in [-0.2, -0.15) is 4.98 Å². The Kier molecular flexibility index (Phi) is 2.90. The van der Waals surface area contributed by atoms with Gasteiger partial charge in [0.25, 0.3) is 0 Å². The van der Waals surface area contributed by atoms with Crippen molar-refractivity contribution in [2.45, 2.75) is 0 Å². The van der Waals surface area contributed by atoms with Crippen LogP contribution in [0.15, 0.2) is 41.3 Å². The Labute approximate surface area is 86.9 Å². The van der Waals surface area contributed by atoms with Gasteiger partial charge < -0.3 is 9.63 Å². The maximum absolute atomic E-state index is 8.61. The highest BCUT2D eigenvalue weighted by molar-refractivity contribution is 5.59. The van der Waals surface area contributed by atoms with E-state index in [1.54, 1.807) is 6.08 Å². The Balaban J connectivity index is 2.21. The van der Waals surface area contributed by atoms with Crippen molar-refractivity contribution in [3.05, 3.63) is 42.3 Å². The van der Waals surface area contributed by atoms with Crippen molar-refractivity contribution in [2.24, 2.45) is 0 Å². The van der Waals surface area contributed by atoms with Crippen molar-refractivity contribution >= 4 is 6.08 Å². The van der Waals surface area contributed by atoms with Gasteiger partial charge in [-0.1, -0.05) is 41.6 Å². The van der Waals surface area contributed by atoms with Crippen LogP contribution in [-0.4, -0.2) is 21.9 Å². The minimum absolute atomic E-state index is 0.0482. The van der Waals surface area contributed by atoms with Gasteiger partial charge in [-0.25, -0.2) is 0 Å². The molecule has 0 radical (unpaired) electrons. The Hall–Kier alpha value is -1.94. The van der Waals surface area contributed by atoms with E-state index in [9.17, 15) is 0 Å². The number of aliphatic hydroxyl groups excluding tert-OH is 1. The van der Waals surface area contributed by atoms with Crippen molar-refractivity contribution in [3.8, 4) is 11.4 Å². The monoisotopic (exact) mass is 202 g/mol. The molecule has 0 unspecified atom stereocenters. The van der Waals surface area contributed by atoms with E-state index in [0.29, 0.717) is 5.82 Å². The van der Waals surface area contributed by atoms with Gasteiger partial charge in [0.05, 0.1) is 6.61 Å². The van der Waals surface area contributed by atoms with E-state index in [4.69, 9.17) is 5.11 Å². The lowest BCUT2D eigenvalue weighted by molar-refractivity contribution is 0.343. The molecule has 2 aromatic rings. The van der Waals surface area contributed by atoms with Crippen LogP contribution >= 0.6 is 0 Å². The molecule has 0 bridgehead atoms. The number of aromatic nitrogens is 2. The van der Waals surface area contributed by atoms with Gasteiger partial charge >= 0.3 is 0 Å². The van der Waals surface area contributed by atoms with Gasteiger partial charge in [0.2, 0.25) is 12.2 Å². The molecule has 0 amide bonds. The second kappa shape index (κ2) is 4.52. The van der Waals surface area contributed by atoms with Crippen molar-refractivity contribution in [2.75, 3.05) is 6.61 Å². The van der Waals surface area contributed by atoms with Crippen LogP contribution in [0.2, 0.25) is 0 Å². The third-order valence-corrected chi connectivity index (χ3v) is 1.95. The summed E-state index contributed by atoms with van der Waals surface area (Å²) < 4.78 is 4.66. The quantitative estimate of drug-likeness (QED) is 0.823. The smallest absolute Gasteiger partial charge is 0.214 e. The molecular weight excluding hydrogens is 192 g/mol. The van der Waals surface area contributed by atoms with Crippen LogP contribution < -0.4 is 0 Å². The molecular formula is C11H10N2O2. The zero-order valence-corrected chi connectivity index (χ0v) is 8.00. The van der Waals surface area contributed by atoms with Crippen molar-refractivity contribution in [1.29, 1.82) is 0 Å². The molecule has 0 saturated heterocycles. The standard InChI is InChI=1S/C11H10N2O2/c14-7-1-2-9-3-5-10(6-4-9)11-12-8-15-13-11/h1-6,8,14H,7H2. The lowest BCUT2D eigenvalue weighted by atomic mass is 10.1. The molecule has 2 rings (SSSR count). The van der Waals surface area contributed by atoms with Gasteiger partial charge in [-0.05, 0) is 5.56 Å². The van der Waals surface area contributed by atoms with E-state index in [0.717, 1.165) is 11.1 Å². The summed E-state index contributed by atoms with van der Waals surface area (Å²) in [4.78, 5) is 3.94. The molecule has 0 fully saturated rings. The van der Waals surface area contributed by atoms with Crippen LogP contribution in [0, 0.1) is 0 Å². The molecule has 4 nitrogen and oxygen atoms in total. The Bertz CT molecular complexity index is 432. The fraction of sp³-hybridized carbons (Fsp3) is 0.0909. The van der Waals surface area contributed by atoms with Crippen LogP contribution in [0.1, 0.15) is 5.56 Å². The third-order valence-electron chi connectivity index (χ3n) is 1.95. The minimum atomic E-state index is 0.0482. The van der Waals surface area contributed by atoms with Gasteiger partial charge in [0.1, 0.15) is 0 Å². The number of hydrogen-bond donors (Lipinski definition) is 1. The molecule has 76 valence electrons. The molecule has 1 N–H and O–H groups in total. The summed E-state index contributed by atoms with van der Waals surface area (Å²) in [6.07, 6.45) is 4.83. The summed E-state index contributed by atoms with van der Waals surface area (Å²) in [5.74, 6) is 0.577. The first-order chi connectivity index (χ1) is 7.40. The van der Waals surface area contributed by atoms with Crippen molar-refractivity contribution in [1.82, 2.24) is 10.1 Å². The molecule has 1 heterocycles. The van der Waals surface area contributed by atoms with E-state index < -0.39 is 0 Å². The van der Waals surface area contributed by atoms with Crippen LogP contribution in [0.4, 0.5) is 0 Å². The average Bonchev–Trinajstić information content (AvgIpc) is 2.80. The van der Waals surface area contributed by atoms with Crippen LogP contribution in [0.25, 0.3) is 17.5 Å². The summed E-state index contributed by atoms with van der Waals surface area (Å²) in [7, 11) is 0. The lowest BCUT2D eigenvalue weighted by Crippen LogP contribution is -1.80. The van der Waals surface area contributed by atoms with E-state index in [1.807, 2.05) is 30.3 Å². The molecule has 1 aromatic heterocycles. The van der Waals surface area contributed by atoms with Gasteiger partial charge in [-0.3, -0.25) is 0 Å². The fourth-order valence-corrected chi connectivity index (χ4v) is 1.23. The maximum atomic E-state index is 8.61. The van der Waals surface area contributed by atoms with Gasteiger partial charge in [0.15, 0.2) is 0 Å². The Morgan fingerprint density at radius 3 is 2.67 bits per heavy atom. The van der Waals surface area contributed by atoms with Gasteiger partial charge in [0, 0.05) is 5.56 Å². The number of benzene rings is 1. The third kappa shape index (κ3) is 2.30. The number of hydrogen-bond acceptors (Lipinski definition) is 4. The highest BCUT2D eigenvalue weighted by Gasteiger charge is 2.00. The molecule has 0 aliphatic carbocycles. The van der Waals surface area contributed by atoms with E-state index in [2.05, 4.69) is 14.7 Å². The Morgan fingerprint density at radius 2 is 2.07 bits per heavy atom. The van der Waals surface area contributed by atoms with Crippen molar-refractivity contribution < 1.29 is 9.63 Å². The minimum Gasteiger partial charge on any atom is -0.392 e. The molecule has 15 heavy (non-hydrogen) atoms. The van der Waals surface area contributed by atoms with E-state index >= 15 is 0 Å². The highest BCUT2D eigenvalue weighted by atomic mass is 16.5. The normalized spacial score (nSPS) is 11.0. The Morgan fingerprint density at radius 1 is 1.27 bits per heavy atom. The predicted molar refractivity (Wildman–Crippen MR) is 55.9 cm³/mol. The average molecular weight is 202 g/mol. The molecule has 1 aromatic carbocycles. The SMILES string of the molecule is OCC=Cc1ccc(-c2ncon2)cc1. The van der Waals surface area contributed by atoms with Crippen molar-refractivity contribution in [3.63, 3.8) is 0 Å². The molecule has 0 aliphatic rings. The molecule has 4 heteroatoms. The summed E-state index contributed by atoms with van der Waals surface area (Å²) in [6.45, 7) is 0.0482. The number of aliphatic hydroxyl groups is 1. The maximum Gasteiger partial charge on any atom is 0.214 e. The largest absolute Gasteiger partial charge is 0.392 e. The van der Waals surface area contributed by atoms with Crippen LogP contribution in [0.5, 0.6) is 0 Å². The van der Waals surface area contributed by atoms with Crippen LogP contribution in [0.3, 0.4) is 0 Å². The summed E-state index contributed by atoms with van der Waals surface area (Å²) >= 11 is 0. The number of nitrogens with zero attached hydrogens (tertiary/aromatic N) is 2. The molecule has 0 spiro atoms. The van der Waals surface area contributed by atoms with Gasteiger partial charge in [-0.15, -0.1) is 0 Å². The first kappa shape index (κ1) is 9.61. The fourth-order valence-electron chi connectivity index (χ4n) is 1.23. The summed E-state index contributed by atoms with van der Waals surface area (Å²) in [6, 6.07) is 7.67. The molecule has 0 aliphatic heterocycles. The zero-order valence-electron chi connectivity index (χ0n) is 8.00. The van der Waals surface area contributed by atoms with E-state index in [-0.39, 0.29) is 6.61 Å². The topological polar surface area (TPSA) is 59.2 Å². The first-order valence-corrected chi connectivity index (χ1v) is 4.54. The predicted octanol–water partition coefficient (Wildman–Crippen LogP) is 1.74. The van der Waals surface area contributed by atoms with E-state index in [1.165, 1.54) is 6.39 Å². The summed E-state index contributed by atoms with van der Waals surface area (Å²) in [5, 5.41) is 12.3. The number of rotatable bonds is 3. The molecule has 0 atom stereocenters. The first-order valence-electron chi connectivity index (χ1n) is 4.54. The van der Waals surface area contributed by atoms with Crippen LogP contribution in [-0.2, 0) is 0 Å². The summed E-state index contributed by atoms with van der Waals surface area (Å²) in [5.41, 5.74) is 1.93. The zero-order chi connectivity index (χ0) is 10.5. The lowest BCUT2D eigenvalue weighted by Gasteiger charge is -1.95. The molecule has 0 saturated carbocycles. The highest BCUT2D eigenvalue weighted by Crippen LogP contribution is 2.15.